The lowest BCUT2D eigenvalue weighted by Crippen LogP contribution is -2.21. The first-order valence-electron chi connectivity index (χ1n) is 6.22. The Morgan fingerprint density at radius 2 is 1.82 bits per heavy atom. The molecule has 1 aromatic carbocycles. The SMILES string of the molecule is COC1CCC(CSc2ccc(O)cc2)CC1. The van der Waals surface area contributed by atoms with Gasteiger partial charge in [0.15, 0.2) is 0 Å². The van der Waals surface area contributed by atoms with E-state index >= 15 is 0 Å². The van der Waals surface area contributed by atoms with Crippen LogP contribution in [-0.4, -0.2) is 24.1 Å². The van der Waals surface area contributed by atoms with Gasteiger partial charge in [0.2, 0.25) is 0 Å². The summed E-state index contributed by atoms with van der Waals surface area (Å²) in [6.45, 7) is 0. The highest BCUT2D eigenvalue weighted by Gasteiger charge is 2.20. The van der Waals surface area contributed by atoms with Crippen molar-refractivity contribution < 1.29 is 9.84 Å². The Morgan fingerprint density at radius 1 is 1.18 bits per heavy atom. The van der Waals surface area contributed by atoms with Crippen LogP contribution in [0.3, 0.4) is 0 Å². The minimum atomic E-state index is 0.343. The van der Waals surface area contributed by atoms with Crippen molar-refractivity contribution >= 4 is 11.8 Å². The summed E-state index contributed by atoms with van der Waals surface area (Å²) in [4.78, 5) is 1.25. The number of benzene rings is 1. The number of phenols is 1. The summed E-state index contributed by atoms with van der Waals surface area (Å²) >= 11 is 1.89. The molecule has 1 fully saturated rings. The van der Waals surface area contributed by atoms with Crippen LogP contribution in [-0.2, 0) is 4.74 Å². The van der Waals surface area contributed by atoms with Gasteiger partial charge in [-0.25, -0.2) is 0 Å². The number of hydrogen-bond donors (Lipinski definition) is 1. The summed E-state index contributed by atoms with van der Waals surface area (Å²) < 4.78 is 5.38. The number of hydrogen-bond acceptors (Lipinski definition) is 3. The van der Waals surface area contributed by atoms with Crippen LogP contribution < -0.4 is 0 Å². The number of rotatable bonds is 4. The zero-order valence-electron chi connectivity index (χ0n) is 10.3. The molecule has 2 rings (SSSR count). The Kier molecular flexibility index (Phi) is 4.75. The van der Waals surface area contributed by atoms with Crippen molar-refractivity contribution in [1.82, 2.24) is 0 Å². The molecule has 0 aromatic heterocycles. The van der Waals surface area contributed by atoms with Crippen molar-refractivity contribution in [3.05, 3.63) is 24.3 Å². The summed E-state index contributed by atoms with van der Waals surface area (Å²) in [6.07, 6.45) is 5.46. The zero-order valence-corrected chi connectivity index (χ0v) is 11.1. The van der Waals surface area contributed by atoms with Gasteiger partial charge in [-0.2, -0.15) is 0 Å². The van der Waals surface area contributed by atoms with Crippen LogP contribution in [0.15, 0.2) is 29.2 Å². The number of ether oxygens (including phenoxy) is 1. The fraction of sp³-hybridized carbons (Fsp3) is 0.571. The summed E-state index contributed by atoms with van der Waals surface area (Å²) in [5, 5.41) is 9.21. The first kappa shape index (κ1) is 12.8. The predicted octanol–water partition coefficient (Wildman–Crippen LogP) is 3.69. The number of thioether (sulfide) groups is 1. The third-order valence-electron chi connectivity index (χ3n) is 3.45. The van der Waals surface area contributed by atoms with Crippen molar-refractivity contribution in [3.63, 3.8) is 0 Å². The molecule has 3 heteroatoms. The maximum Gasteiger partial charge on any atom is 0.115 e. The molecular formula is C14H20O2S. The molecule has 17 heavy (non-hydrogen) atoms. The summed E-state index contributed by atoms with van der Waals surface area (Å²) in [7, 11) is 1.82. The van der Waals surface area contributed by atoms with Gasteiger partial charge in [-0.15, -0.1) is 11.8 Å². The highest BCUT2D eigenvalue weighted by molar-refractivity contribution is 7.99. The second kappa shape index (κ2) is 6.31. The van der Waals surface area contributed by atoms with Crippen LogP contribution in [0.4, 0.5) is 0 Å². The van der Waals surface area contributed by atoms with E-state index in [4.69, 9.17) is 4.74 Å². The Morgan fingerprint density at radius 3 is 2.41 bits per heavy atom. The molecule has 0 saturated heterocycles. The van der Waals surface area contributed by atoms with Gasteiger partial charge in [-0.1, -0.05) is 0 Å². The Balaban J connectivity index is 1.74. The van der Waals surface area contributed by atoms with Gasteiger partial charge >= 0.3 is 0 Å². The predicted molar refractivity (Wildman–Crippen MR) is 71.6 cm³/mol. The fourth-order valence-corrected chi connectivity index (χ4v) is 3.38. The van der Waals surface area contributed by atoms with Gasteiger partial charge in [0.1, 0.15) is 5.75 Å². The second-order valence-electron chi connectivity index (χ2n) is 4.68. The fourth-order valence-electron chi connectivity index (χ4n) is 2.29. The largest absolute Gasteiger partial charge is 0.508 e. The van der Waals surface area contributed by atoms with E-state index in [2.05, 4.69) is 0 Å². The van der Waals surface area contributed by atoms with Crippen molar-refractivity contribution in [2.45, 2.75) is 36.7 Å². The van der Waals surface area contributed by atoms with Crippen molar-refractivity contribution in [3.8, 4) is 5.75 Å². The molecule has 0 amide bonds. The highest BCUT2D eigenvalue weighted by atomic mass is 32.2. The van der Waals surface area contributed by atoms with Crippen molar-refractivity contribution in [2.24, 2.45) is 5.92 Å². The molecule has 0 radical (unpaired) electrons. The third kappa shape index (κ3) is 3.93. The van der Waals surface area contributed by atoms with Crippen LogP contribution in [0.5, 0.6) is 5.75 Å². The smallest absolute Gasteiger partial charge is 0.115 e. The maximum absolute atomic E-state index is 9.21. The minimum Gasteiger partial charge on any atom is -0.508 e. The third-order valence-corrected chi connectivity index (χ3v) is 4.69. The van der Waals surface area contributed by atoms with E-state index in [1.165, 1.54) is 36.3 Å². The summed E-state index contributed by atoms with van der Waals surface area (Å²) in [6, 6.07) is 7.48. The average molecular weight is 252 g/mol. The second-order valence-corrected chi connectivity index (χ2v) is 5.78. The number of methoxy groups -OCH3 is 1. The molecule has 0 atom stereocenters. The van der Waals surface area contributed by atoms with E-state index < -0.39 is 0 Å². The van der Waals surface area contributed by atoms with Crippen molar-refractivity contribution in [1.29, 1.82) is 0 Å². The molecule has 1 saturated carbocycles. The van der Waals surface area contributed by atoms with Gasteiger partial charge in [0.25, 0.3) is 0 Å². The highest BCUT2D eigenvalue weighted by Crippen LogP contribution is 2.31. The van der Waals surface area contributed by atoms with E-state index in [1.807, 2.05) is 31.0 Å². The van der Waals surface area contributed by atoms with E-state index in [0.717, 1.165) is 5.92 Å². The molecule has 2 nitrogen and oxygen atoms in total. The molecule has 0 heterocycles. The van der Waals surface area contributed by atoms with E-state index in [0.29, 0.717) is 11.9 Å². The summed E-state index contributed by atoms with van der Waals surface area (Å²) in [5.41, 5.74) is 0. The van der Waals surface area contributed by atoms with Gasteiger partial charge in [0.05, 0.1) is 6.10 Å². The van der Waals surface area contributed by atoms with Crippen molar-refractivity contribution in [2.75, 3.05) is 12.9 Å². The summed E-state index contributed by atoms with van der Waals surface area (Å²) in [5.74, 6) is 2.34. The quantitative estimate of drug-likeness (QED) is 0.829. The lowest BCUT2D eigenvalue weighted by atomic mass is 9.89. The monoisotopic (exact) mass is 252 g/mol. The zero-order chi connectivity index (χ0) is 12.1. The molecular weight excluding hydrogens is 232 g/mol. The Labute approximate surface area is 107 Å². The molecule has 1 aromatic rings. The van der Waals surface area contributed by atoms with E-state index in [9.17, 15) is 5.11 Å². The lowest BCUT2D eigenvalue weighted by molar-refractivity contribution is 0.0599. The normalized spacial score (nSPS) is 24.8. The van der Waals surface area contributed by atoms with Gasteiger partial charge < -0.3 is 9.84 Å². The molecule has 94 valence electrons. The molecule has 0 spiro atoms. The van der Waals surface area contributed by atoms with Crippen LogP contribution in [0.25, 0.3) is 0 Å². The number of phenolic OH excluding ortho intramolecular Hbond substituents is 1. The van der Waals surface area contributed by atoms with Crippen LogP contribution in [0, 0.1) is 5.92 Å². The molecule has 0 bridgehead atoms. The Hall–Kier alpha value is -0.670. The van der Waals surface area contributed by atoms with Crippen LogP contribution in [0.2, 0.25) is 0 Å². The van der Waals surface area contributed by atoms with Crippen LogP contribution >= 0.6 is 11.8 Å². The van der Waals surface area contributed by atoms with E-state index in [-0.39, 0.29) is 0 Å². The molecule has 1 aliphatic rings. The molecule has 1 N–H and O–H groups in total. The average Bonchev–Trinajstić information content (AvgIpc) is 2.39. The minimum absolute atomic E-state index is 0.343. The first-order valence-corrected chi connectivity index (χ1v) is 7.21. The standard InChI is InChI=1S/C14H20O2S/c1-16-13-6-2-11(3-7-13)10-17-14-8-4-12(15)5-9-14/h4-5,8-9,11,13,15H,2-3,6-7,10H2,1H3. The first-order chi connectivity index (χ1) is 8.28. The topological polar surface area (TPSA) is 29.5 Å². The molecule has 0 unspecified atom stereocenters. The van der Waals surface area contributed by atoms with E-state index in [1.54, 1.807) is 12.1 Å². The lowest BCUT2D eigenvalue weighted by Gasteiger charge is -2.27. The maximum atomic E-state index is 9.21. The van der Waals surface area contributed by atoms with Gasteiger partial charge in [-0.05, 0) is 55.9 Å². The van der Waals surface area contributed by atoms with Crippen LogP contribution in [0.1, 0.15) is 25.7 Å². The number of aromatic hydroxyl groups is 1. The Bertz CT molecular complexity index is 329. The molecule has 1 aliphatic carbocycles. The van der Waals surface area contributed by atoms with Gasteiger partial charge in [0, 0.05) is 17.8 Å². The molecule has 0 aliphatic heterocycles. The van der Waals surface area contributed by atoms with Gasteiger partial charge in [-0.3, -0.25) is 0 Å².